The van der Waals surface area contributed by atoms with Crippen molar-refractivity contribution in [2.24, 2.45) is 5.92 Å². The van der Waals surface area contributed by atoms with E-state index in [0.29, 0.717) is 35.2 Å². The Hall–Kier alpha value is -3.38. The van der Waals surface area contributed by atoms with Gasteiger partial charge >= 0.3 is 0 Å². The molecule has 0 spiro atoms. The topological polar surface area (TPSA) is 58.6 Å². The summed E-state index contributed by atoms with van der Waals surface area (Å²) < 4.78 is 5.72. The molecule has 0 bridgehead atoms. The van der Waals surface area contributed by atoms with Crippen LogP contribution in [0.15, 0.2) is 71.7 Å². The van der Waals surface area contributed by atoms with Crippen LogP contribution in [-0.4, -0.2) is 18.4 Å². The first-order chi connectivity index (χ1) is 15.0. The van der Waals surface area contributed by atoms with E-state index in [1.54, 1.807) is 24.3 Å². The second-order valence-electron chi connectivity index (χ2n) is 7.81. The van der Waals surface area contributed by atoms with Gasteiger partial charge in [-0.2, -0.15) is 0 Å². The summed E-state index contributed by atoms with van der Waals surface area (Å²) in [5.41, 5.74) is 2.99. The van der Waals surface area contributed by atoms with Crippen LogP contribution in [0.3, 0.4) is 0 Å². The molecule has 0 unspecified atom stereocenters. The number of nitrogens with one attached hydrogen (secondary N) is 1. The number of carbonyl (C=O) groups excluding carboxylic acids is 2. The molecular formula is C25H24N2O3S. The van der Waals surface area contributed by atoms with E-state index >= 15 is 0 Å². The van der Waals surface area contributed by atoms with Crippen LogP contribution in [0.25, 0.3) is 5.57 Å². The SMILES string of the molecule is Cc1ccccc1NC1=C(c2cccs2)C(=O)N(c2ccc(OCC(C)C)cc2)C1=O. The van der Waals surface area contributed by atoms with Crippen molar-refractivity contribution in [3.05, 3.63) is 82.2 Å². The molecule has 1 aromatic heterocycles. The highest BCUT2D eigenvalue weighted by atomic mass is 32.1. The van der Waals surface area contributed by atoms with Gasteiger partial charge in [-0.05, 0) is 60.2 Å². The second kappa shape index (κ2) is 8.78. The Balaban J connectivity index is 1.68. The minimum atomic E-state index is -0.368. The Morgan fingerprint density at radius 2 is 1.71 bits per heavy atom. The van der Waals surface area contributed by atoms with Gasteiger partial charge in [-0.1, -0.05) is 38.1 Å². The van der Waals surface area contributed by atoms with E-state index in [2.05, 4.69) is 19.2 Å². The van der Waals surface area contributed by atoms with Crippen LogP contribution in [0.1, 0.15) is 24.3 Å². The standard InChI is InChI=1S/C25H24N2O3S/c1-16(2)15-30-19-12-10-18(11-13-19)27-24(28)22(21-9-6-14-31-21)23(25(27)29)26-20-8-5-4-7-17(20)3/h4-14,16,26H,15H2,1-3H3. The average Bonchev–Trinajstić information content (AvgIpc) is 3.35. The van der Waals surface area contributed by atoms with Crippen molar-refractivity contribution in [2.45, 2.75) is 20.8 Å². The summed E-state index contributed by atoms with van der Waals surface area (Å²) in [6.45, 7) is 6.73. The molecule has 0 saturated heterocycles. The Kier molecular flexibility index (Phi) is 5.91. The monoisotopic (exact) mass is 432 g/mol. The second-order valence-corrected chi connectivity index (χ2v) is 8.76. The quantitative estimate of drug-likeness (QED) is 0.502. The number of carbonyl (C=O) groups is 2. The van der Waals surface area contributed by atoms with Crippen molar-refractivity contribution in [1.29, 1.82) is 0 Å². The molecule has 0 atom stereocenters. The number of thiophene rings is 1. The lowest BCUT2D eigenvalue weighted by Crippen LogP contribution is -2.32. The van der Waals surface area contributed by atoms with E-state index in [1.165, 1.54) is 16.2 Å². The largest absolute Gasteiger partial charge is 0.493 e. The number of hydrogen-bond donors (Lipinski definition) is 1. The maximum absolute atomic E-state index is 13.4. The minimum Gasteiger partial charge on any atom is -0.493 e. The maximum Gasteiger partial charge on any atom is 0.282 e. The molecule has 1 N–H and O–H groups in total. The first-order valence-electron chi connectivity index (χ1n) is 10.2. The molecule has 3 aromatic rings. The summed E-state index contributed by atoms with van der Waals surface area (Å²) in [6, 6.07) is 18.5. The van der Waals surface area contributed by atoms with E-state index < -0.39 is 0 Å². The number of hydrogen-bond acceptors (Lipinski definition) is 5. The van der Waals surface area contributed by atoms with Crippen LogP contribution in [-0.2, 0) is 9.59 Å². The van der Waals surface area contributed by atoms with Gasteiger partial charge in [0.25, 0.3) is 11.8 Å². The number of benzene rings is 2. The van der Waals surface area contributed by atoms with Gasteiger partial charge < -0.3 is 10.1 Å². The van der Waals surface area contributed by atoms with Gasteiger partial charge in [0.05, 0.1) is 17.9 Å². The number of anilines is 2. The van der Waals surface area contributed by atoms with Crippen LogP contribution >= 0.6 is 11.3 Å². The van der Waals surface area contributed by atoms with E-state index in [4.69, 9.17) is 4.74 Å². The fraction of sp³-hybridized carbons (Fsp3) is 0.200. The molecule has 158 valence electrons. The van der Waals surface area contributed by atoms with Crippen molar-refractivity contribution in [2.75, 3.05) is 16.8 Å². The number of aryl methyl sites for hydroxylation is 1. The fourth-order valence-electron chi connectivity index (χ4n) is 3.33. The summed E-state index contributed by atoms with van der Waals surface area (Å²) >= 11 is 1.44. The van der Waals surface area contributed by atoms with Crippen LogP contribution < -0.4 is 15.0 Å². The van der Waals surface area contributed by atoms with Crippen molar-refractivity contribution >= 4 is 40.1 Å². The van der Waals surface area contributed by atoms with Gasteiger partial charge in [0.15, 0.2) is 0 Å². The van der Waals surface area contributed by atoms with Gasteiger partial charge in [0.2, 0.25) is 0 Å². The van der Waals surface area contributed by atoms with E-state index in [9.17, 15) is 9.59 Å². The van der Waals surface area contributed by atoms with E-state index in [1.807, 2.05) is 48.7 Å². The van der Waals surface area contributed by atoms with Crippen LogP contribution in [0.5, 0.6) is 5.75 Å². The van der Waals surface area contributed by atoms with Gasteiger partial charge in [0.1, 0.15) is 11.4 Å². The highest BCUT2D eigenvalue weighted by Gasteiger charge is 2.40. The molecule has 2 aromatic carbocycles. The average molecular weight is 433 g/mol. The summed E-state index contributed by atoms with van der Waals surface area (Å²) in [5.74, 6) is 0.419. The molecule has 0 fully saturated rings. The third kappa shape index (κ3) is 4.25. The number of nitrogens with zero attached hydrogens (tertiary/aromatic N) is 1. The minimum absolute atomic E-state index is 0.293. The molecule has 0 radical (unpaired) electrons. The predicted molar refractivity (Wildman–Crippen MR) is 125 cm³/mol. The molecule has 1 aliphatic rings. The first-order valence-corrected chi connectivity index (χ1v) is 11.1. The number of para-hydroxylation sites is 1. The first kappa shape index (κ1) is 20.9. The lowest BCUT2D eigenvalue weighted by Gasteiger charge is -2.16. The van der Waals surface area contributed by atoms with Gasteiger partial charge in [-0.15, -0.1) is 11.3 Å². The Bertz CT molecular complexity index is 1130. The van der Waals surface area contributed by atoms with Crippen LogP contribution in [0, 0.1) is 12.8 Å². The molecule has 2 heterocycles. The molecule has 31 heavy (non-hydrogen) atoms. The number of rotatable bonds is 7. The molecular weight excluding hydrogens is 408 g/mol. The van der Waals surface area contributed by atoms with Crippen molar-refractivity contribution in [3.63, 3.8) is 0 Å². The van der Waals surface area contributed by atoms with Gasteiger partial charge in [0, 0.05) is 10.6 Å². The summed E-state index contributed by atoms with van der Waals surface area (Å²) in [4.78, 5) is 28.8. The molecule has 6 heteroatoms. The van der Waals surface area contributed by atoms with Crippen molar-refractivity contribution in [3.8, 4) is 5.75 Å². The van der Waals surface area contributed by atoms with E-state index in [0.717, 1.165) is 16.1 Å². The van der Waals surface area contributed by atoms with Gasteiger partial charge in [-0.25, -0.2) is 4.90 Å². The maximum atomic E-state index is 13.4. The van der Waals surface area contributed by atoms with Crippen molar-refractivity contribution in [1.82, 2.24) is 0 Å². The zero-order chi connectivity index (χ0) is 22.0. The summed E-state index contributed by atoms with van der Waals surface area (Å²) in [7, 11) is 0. The summed E-state index contributed by atoms with van der Waals surface area (Å²) in [6.07, 6.45) is 0. The number of imide groups is 1. The molecule has 4 rings (SSSR count). The Morgan fingerprint density at radius 1 is 0.968 bits per heavy atom. The lowest BCUT2D eigenvalue weighted by atomic mass is 10.1. The predicted octanol–water partition coefficient (Wildman–Crippen LogP) is 5.49. The molecule has 2 amide bonds. The summed E-state index contributed by atoms with van der Waals surface area (Å²) in [5, 5.41) is 5.12. The highest BCUT2D eigenvalue weighted by Crippen LogP contribution is 2.36. The Labute approximate surface area is 186 Å². The van der Waals surface area contributed by atoms with Crippen LogP contribution in [0.2, 0.25) is 0 Å². The number of amides is 2. The molecule has 1 aliphatic heterocycles. The molecule has 0 saturated carbocycles. The number of ether oxygens (including phenoxy) is 1. The smallest absolute Gasteiger partial charge is 0.282 e. The van der Waals surface area contributed by atoms with Crippen molar-refractivity contribution < 1.29 is 14.3 Å². The highest BCUT2D eigenvalue weighted by molar-refractivity contribution is 7.11. The normalized spacial score (nSPS) is 14.0. The third-order valence-corrected chi connectivity index (χ3v) is 5.82. The zero-order valence-corrected chi connectivity index (χ0v) is 18.5. The lowest BCUT2D eigenvalue weighted by molar-refractivity contribution is -0.120. The van der Waals surface area contributed by atoms with Gasteiger partial charge in [-0.3, -0.25) is 9.59 Å². The zero-order valence-electron chi connectivity index (χ0n) is 17.7. The third-order valence-electron chi connectivity index (χ3n) is 4.93. The molecule has 5 nitrogen and oxygen atoms in total. The fourth-order valence-corrected chi connectivity index (χ4v) is 4.10. The van der Waals surface area contributed by atoms with Crippen LogP contribution in [0.4, 0.5) is 11.4 Å². The Morgan fingerprint density at radius 3 is 2.35 bits per heavy atom. The molecule has 0 aliphatic carbocycles. The van der Waals surface area contributed by atoms with E-state index in [-0.39, 0.29) is 11.8 Å².